The molecule has 0 bridgehead atoms. The number of amides is 3. The van der Waals surface area contributed by atoms with E-state index < -0.39 is 46.5 Å². The molecule has 3 aliphatic rings. The van der Waals surface area contributed by atoms with E-state index in [4.69, 9.17) is 27.8 Å². The molecule has 0 aliphatic carbocycles. The summed E-state index contributed by atoms with van der Waals surface area (Å²) in [4.78, 5) is 73.4. The van der Waals surface area contributed by atoms with Gasteiger partial charge in [-0.2, -0.15) is 0 Å². The molecule has 1 saturated heterocycles. The zero-order valence-corrected chi connectivity index (χ0v) is 30.0. The number of nitrogens with zero attached hydrogens (tertiary/aromatic N) is 4. The summed E-state index contributed by atoms with van der Waals surface area (Å²) < 4.78 is 1.77. The predicted octanol–water partition coefficient (Wildman–Crippen LogP) is -0.303. The third kappa shape index (κ3) is 8.40. The van der Waals surface area contributed by atoms with Crippen molar-refractivity contribution in [1.82, 2.24) is 20.5 Å². The average molecular weight is 746 g/mol. The van der Waals surface area contributed by atoms with Gasteiger partial charge in [0, 0.05) is 30.5 Å². The molecule has 3 amide bonds. The first-order valence-electron chi connectivity index (χ1n) is 15.6. The molecule has 0 radical (unpaired) electrons. The predicted molar refractivity (Wildman–Crippen MR) is 190 cm³/mol. The number of oxime groups is 1. The Morgan fingerprint density at radius 2 is 1.90 bits per heavy atom. The van der Waals surface area contributed by atoms with E-state index in [1.807, 2.05) is 13.8 Å². The standard InChI is InChI=1S/C31H40N10O8S2/c1-14-7-8-15(2)40(24(34)21(19(14)33)37-18(42)9-10-32)11-5-6-16-12-50-27-22(26(44)41(27)23(16)28(45)46)38-25(43)20(17-13-51-30(35)36-17)39-49-31(3,4)29(47)48/h5-6,13,22,27H,7-12,32-33H2,1-4H3,(H7-,34,35,36,37,38,39,42,43,45,46,47,48)/p+1/b6-5+,19-14?,40-15?/t22-,27?/m1/s1. The highest BCUT2D eigenvalue weighted by atomic mass is 32.2. The van der Waals surface area contributed by atoms with E-state index in [0.29, 0.717) is 24.1 Å². The third-order valence-corrected chi connectivity index (χ3v) is 10.2. The Balaban J connectivity index is 1.56. The van der Waals surface area contributed by atoms with Gasteiger partial charge in [0.15, 0.2) is 16.5 Å². The van der Waals surface area contributed by atoms with Crippen molar-refractivity contribution in [3.05, 3.63) is 57.3 Å². The number of aliphatic carboxylic acids is 2. The van der Waals surface area contributed by atoms with Crippen LogP contribution in [0.3, 0.4) is 0 Å². The molecular weight excluding hydrogens is 705 g/mol. The van der Waals surface area contributed by atoms with Gasteiger partial charge in [-0.15, -0.1) is 23.1 Å². The molecule has 0 saturated carbocycles. The van der Waals surface area contributed by atoms with E-state index in [2.05, 4.69) is 20.8 Å². The molecule has 2 atom stereocenters. The number of nitrogens with one attached hydrogen (secondary N) is 2. The van der Waals surface area contributed by atoms with Crippen molar-refractivity contribution in [2.75, 3.05) is 24.6 Å². The highest BCUT2D eigenvalue weighted by Gasteiger charge is 2.54. The molecule has 4 rings (SSSR count). The highest BCUT2D eigenvalue weighted by molar-refractivity contribution is 8.00. The quantitative estimate of drug-likeness (QED) is 0.0557. The van der Waals surface area contributed by atoms with Crippen LogP contribution < -0.4 is 33.6 Å². The topological polar surface area (TPSA) is 295 Å². The number of carboxylic acids is 2. The lowest BCUT2D eigenvalue weighted by molar-refractivity contribution is -0.470. The van der Waals surface area contributed by atoms with Gasteiger partial charge in [0.05, 0.1) is 11.4 Å². The molecule has 1 aromatic rings. The lowest BCUT2D eigenvalue weighted by Crippen LogP contribution is -2.71. The Morgan fingerprint density at radius 1 is 1.20 bits per heavy atom. The number of nitrogens with two attached hydrogens (primary N) is 4. The molecule has 51 heavy (non-hydrogen) atoms. The molecule has 12 N–H and O–H groups in total. The van der Waals surface area contributed by atoms with E-state index in [0.717, 1.165) is 27.5 Å². The van der Waals surface area contributed by atoms with Gasteiger partial charge < -0.3 is 42.9 Å². The maximum Gasteiger partial charge on any atom is 0.352 e. The number of aromatic nitrogens is 1. The van der Waals surface area contributed by atoms with Gasteiger partial charge in [-0.3, -0.25) is 25.0 Å². The largest absolute Gasteiger partial charge is 0.478 e. The number of rotatable bonds is 13. The summed E-state index contributed by atoms with van der Waals surface area (Å²) in [6.45, 7) is 6.56. The summed E-state index contributed by atoms with van der Waals surface area (Å²) in [6, 6.07) is -1.13. The summed E-state index contributed by atoms with van der Waals surface area (Å²) in [5.74, 6) is -4.21. The number of fused-ring (bicyclic) bond motifs is 1. The minimum Gasteiger partial charge on any atom is -0.478 e. The molecule has 3 aliphatic heterocycles. The third-order valence-electron chi connectivity index (χ3n) is 8.19. The maximum absolute atomic E-state index is 13.4. The normalized spacial score (nSPS) is 20.2. The first kappa shape index (κ1) is 38.6. The minimum absolute atomic E-state index is 0.00319. The number of carbonyl (C=O) groups is 5. The van der Waals surface area contributed by atoms with Gasteiger partial charge in [0.25, 0.3) is 17.6 Å². The van der Waals surface area contributed by atoms with Crippen LogP contribution >= 0.6 is 23.1 Å². The molecule has 20 heteroatoms. The van der Waals surface area contributed by atoms with Gasteiger partial charge >= 0.3 is 11.9 Å². The highest BCUT2D eigenvalue weighted by Crippen LogP contribution is 2.40. The minimum atomic E-state index is -1.79. The van der Waals surface area contributed by atoms with Crippen molar-refractivity contribution < 1.29 is 43.6 Å². The van der Waals surface area contributed by atoms with Crippen molar-refractivity contribution >= 4 is 69.3 Å². The van der Waals surface area contributed by atoms with Crippen LogP contribution in [0.1, 0.15) is 52.7 Å². The zero-order valence-electron chi connectivity index (χ0n) is 28.4. The monoisotopic (exact) mass is 745 g/mol. The number of nitrogen functional groups attached to an aromatic ring is 1. The summed E-state index contributed by atoms with van der Waals surface area (Å²) in [7, 11) is 0. The number of carboxylic acid groups (broad SMARTS) is 2. The van der Waals surface area contributed by atoms with Crippen molar-refractivity contribution in [3.8, 4) is 0 Å². The fourth-order valence-electron chi connectivity index (χ4n) is 5.13. The summed E-state index contributed by atoms with van der Waals surface area (Å²) in [5, 5.41) is 29.4. The van der Waals surface area contributed by atoms with Crippen LogP contribution in [0.5, 0.6) is 0 Å². The number of hydrogen-bond donors (Lipinski definition) is 8. The molecule has 1 unspecified atom stereocenters. The Morgan fingerprint density at radius 3 is 2.51 bits per heavy atom. The number of anilines is 1. The molecule has 0 aromatic carbocycles. The van der Waals surface area contributed by atoms with E-state index >= 15 is 0 Å². The lowest BCUT2D eigenvalue weighted by Gasteiger charge is -2.49. The van der Waals surface area contributed by atoms with E-state index in [-0.39, 0.29) is 59.2 Å². The maximum atomic E-state index is 13.4. The van der Waals surface area contributed by atoms with Crippen molar-refractivity contribution in [1.29, 1.82) is 0 Å². The van der Waals surface area contributed by atoms with Crippen molar-refractivity contribution in [2.24, 2.45) is 22.4 Å². The van der Waals surface area contributed by atoms with E-state index in [9.17, 15) is 34.2 Å². The van der Waals surface area contributed by atoms with Crippen LogP contribution in [0.15, 0.2) is 56.7 Å². The number of thiazole rings is 1. The Hall–Kier alpha value is -5.21. The van der Waals surface area contributed by atoms with Gasteiger partial charge in [0.2, 0.25) is 11.5 Å². The fraction of sp³-hybridized carbons (Fsp3) is 0.419. The number of thioether (sulfide) groups is 1. The van der Waals surface area contributed by atoms with Crippen LogP contribution in [0, 0.1) is 0 Å². The summed E-state index contributed by atoms with van der Waals surface area (Å²) in [5.41, 5.74) is 24.4. The number of β-lactam (4-membered cyclic amide) rings is 1. The first-order valence-corrected chi connectivity index (χ1v) is 17.6. The van der Waals surface area contributed by atoms with E-state index in [1.54, 1.807) is 16.7 Å². The van der Waals surface area contributed by atoms with Gasteiger partial charge in [0.1, 0.15) is 29.4 Å². The number of hydrogen-bond acceptors (Lipinski definition) is 14. The van der Waals surface area contributed by atoms with Gasteiger partial charge in [-0.25, -0.2) is 19.1 Å². The second-order valence-electron chi connectivity index (χ2n) is 12.2. The second kappa shape index (κ2) is 15.8. The van der Waals surface area contributed by atoms with Crippen LogP contribution in [0.25, 0.3) is 0 Å². The second-order valence-corrected chi connectivity index (χ2v) is 14.2. The molecule has 1 aromatic heterocycles. The molecule has 18 nitrogen and oxygen atoms in total. The SMILES string of the molecule is CC1=C(N)C(NC(=O)CCN)=C(N)[N+](C/C=C/C2=C(C(=O)O)N3C(=O)[C@@H](NC(=O)/C(=N\OC(C)(C)C(=O)O)c4csc(N)n4)C3SC2)=C(C)CC1. The Bertz CT molecular complexity index is 1840. The van der Waals surface area contributed by atoms with Gasteiger partial charge in [-0.1, -0.05) is 11.2 Å². The van der Waals surface area contributed by atoms with Crippen LogP contribution in [0.2, 0.25) is 0 Å². The van der Waals surface area contributed by atoms with Crippen molar-refractivity contribution in [2.45, 2.75) is 64.0 Å². The molecule has 0 spiro atoms. The van der Waals surface area contributed by atoms with Crippen LogP contribution in [-0.2, 0) is 28.8 Å². The number of carbonyl (C=O) groups excluding carboxylic acids is 3. The van der Waals surface area contributed by atoms with E-state index in [1.165, 1.54) is 31.0 Å². The van der Waals surface area contributed by atoms with Crippen molar-refractivity contribution in [3.63, 3.8) is 0 Å². The summed E-state index contributed by atoms with van der Waals surface area (Å²) in [6.07, 6.45) is 4.63. The number of allylic oxidation sites excluding steroid dienone is 2. The smallest absolute Gasteiger partial charge is 0.352 e. The average Bonchev–Trinajstić information content (AvgIpc) is 3.50. The Labute approximate surface area is 301 Å². The molecule has 1 fully saturated rings. The molecule has 274 valence electrons. The van der Waals surface area contributed by atoms with Gasteiger partial charge in [-0.05, 0) is 51.3 Å². The Kier molecular flexibility index (Phi) is 11.9. The van der Waals surface area contributed by atoms with Crippen LogP contribution in [-0.4, -0.2) is 102 Å². The van der Waals surface area contributed by atoms with Crippen LogP contribution in [0.4, 0.5) is 5.13 Å². The lowest BCUT2D eigenvalue weighted by atomic mass is 10.0. The summed E-state index contributed by atoms with van der Waals surface area (Å²) >= 11 is 2.24. The first-order chi connectivity index (χ1) is 24.0. The molecular formula is C31H41N10O8S2+. The zero-order chi connectivity index (χ0) is 37.8. The molecule has 4 heterocycles. The fourth-order valence-corrected chi connectivity index (χ4v) is 7.00.